The van der Waals surface area contributed by atoms with E-state index in [0.29, 0.717) is 22.2 Å². The first kappa shape index (κ1) is 19.6. The Hall–Kier alpha value is -2.74. The van der Waals surface area contributed by atoms with Gasteiger partial charge in [0.05, 0.1) is 31.5 Å². The topological polar surface area (TPSA) is 68.8 Å². The molecule has 2 aromatic rings. The number of carbonyl (C=O) groups is 1. The third-order valence-electron chi connectivity index (χ3n) is 3.27. The lowest BCUT2D eigenvalue weighted by Gasteiger charge is -2.14. The van der Waals surface area contributed by atoms with Crippen LogP contribution in [0.4, 0.5) is 19.3 Å². The molecule has 2 N–H and O–H groups in total. The van der Waals surface area contributed by atoms with Crippen LogP contribution in [0.1, 0.15) is 0 Å². The third-order valence-corrected chi connectivity index (χ3v) is 3.56. The second kappa shape index (κ2) is 9.10. The summed E-state index contributed by atoms with van der Waals surface area (Å²) in [6.45, 7) is 0.206. The van der Waals surface area contributed by atoms with Crippen molar-refractivity contribution >= 4 is 23.3 Å². The molecule has 0 aliphatic rings. The van der Waals surface area contributed by atoms with Crippen LogP contribution in [0, 0.1) is 11.6 Å². The number of benzene rings is 2. The Morgan fingerprint density at radius 2 is 1.81 bits per heavy atom. The summed E-state index contributed by atoms with van der Waals surface area (Å²) in [6.07, 6.45) is 0. The number of anilines is 1. The molecule has 0 saturated carbocycles. The van der Waals surface area contributed by atoms with Crippen LogP contribution in [0.25, 0.3) is 0 Å². The number of amides is 2. The quantitative estimate of drug-likeness (QED) is 0.709. The molecule has 0 aliphatic carbocycles. The van der Waals surface area contributed by atoms with Crippen molar-refractivity contribution in [3.8, 4) is 17.2 Å². The Labute approximate surface area is 154 Å². The van der Waals surface area contributed by atoms with Crippen LogP contribution in [0.3, 0.4) is 0 Å². The van der Waals surface area contributed by atoms with Crippen LogP contribution in [0.15, 0.2) is 30.3 Å². The van der Waals surface area contributed by atoms with Gasteiger partial charge in [-0.15, -0.1) is 0 Å². The van der Waals surface area contributed by atoms with Gasteiger partial charge in [-0.3, -0.25) is 0 Å². The molecule has 0 saturated heterocycles. The lowest BCUT2D eigenvalue weighted by Crippen LogP contribution is -2.32. The number of methoxy groups -OCH3 is 2. The van der Waals surface area contributed by atoms with Gasteiger partial charge in [0, 0.05) is 18.2 Å². The van der Waals surface area contributed by atoms with Gasteiger partial charge in [0.1, 0.15) is 23.9 Å². The first-order chi connectivity index (χ1) is 12.4. The maximum Gasteiger partial charge on any atom is 0.319 e. The van der Waals surface area contributed by atoms with Crippen LogP contribution >= 0.6 is 11.6 Å². The summed E-state index contributed by atoms with van der Waals surface area (Å²) in [6, 6.07) is 5.72. The van der Waals surface area contributed by atoms with E-state index in [-0.39, 0.29) is 18.9 Å². The maximum absolute atomic E-state index is 13.1. The van der Waals surface area contributed by atoms with E-state index in [2.05, 4.69) is 10.6 Å². The van der Waals surface area contributed by atoms with E-state index in [9.17, 15) is 13.6 Å². The van der Waals surface area contributed by atoms with Crippen molar-refractivity contribution in [2.24, 2.45) is 0 Å². The highest BCUT2D eigenvalue weighted by molar-refractivity contribution is 6.32. The average molecular weight is 387 g/mol. The van der Waals surface area contributed by atoms with Crippen molar-refractivity contribution in [1.29, 1.82) is 0 Å². The average Bonchev–Trinajstić information content (AvgIpc) is 2.62. The molecule has 0 spiro atoms. The predicted octanol–water partition coefficient (Wildman–Crippen LogP) is 3.84. The number of hydrogen-bond acceptors (Lipinski definition) is 4. The summed E-state index contributed by atoms with van der Waals surface area (Å²) >= 11 is 6.00. The molecular formula is C17H17ClF2N2O4. The highest BCUT2D eigenvalue weighted by Gasteiger charge is 2.12. The molecule has 26 heavy (non-hydrogen) atoms. The summed E-state index contributed by atoms with van der Waals surface area (Å²) in [7, 11) is 2.89. The predicted molar refractivity (Wildman–Crippen MR) is 93.4 cm³/mol. The van der Waals surface area contributed by atoms with E-state index in [1.807, 2.05) is 0 Å². The summed E-state index contributed by atoms with van der Waals surface area (Å²) < 4.78 is 41.4. The molecule has 2 aromatic carbocycles. The van der Waals surface area contributed by atoms with Gasteiger partial charge in [-0.1, -0.05) is 11.6 Å². The van der Waals surface area contributed by atoms with Gasteiger partial charge >= 0.3 is 6.03 Å². The van der Waals surface area contributed by atoms with Crippen LogP contribution in [0.5, 0.6) is 17.2 Å². The molecule has 140 valence electrons. The van der Waals surface area contributed by atoms with Crippen molar-refractivity contribution in [3.63, 3.8) is 0 Å². The Balaban J connectivity index is 1.86. The first-order valence-corrected chi connectivity index (χ1v) is 7.86. The second-order valence-electron chi connectivity index (χ2n) is 4.99. The molecule has 0 heterocycles. The fourth-order valence-corrected chi connectivity index (χ4v) is 2.26. The van der Waals surface area contributed by atoms with E-state index in [1.165, 1.54) is 32.4 Å². The van der Waals surface area contributed by atoms with E-state index in [1.54, 1.807) is 0 Å². The molecule has 2 rings (SSSR count). The highest BCUT2D eigenvalue weighted by Crippen LogP contribution is 2.35. The van der Waals surface area contributed by atoms with Gasteiger partial charge in [0.15, 0.2) is 11.6 Å². The molecule has 0 aliphatic heterocycles. The van der Waals surface area contributed by atoms with Crippen LogP contribution in [-0.2, 0) is 0 Å². The van der Waals surface area contributed by atoms with Crippen LogP contribution in [-0.4, -0.2) is 33.4 Å². The molecule has 0 radical (unpaired) electrons. The fraction of sp³-hybridized carbons (Fsp3) is 0.235. The van der Waals surface area contributed by atoms with E-state index >= 15 is 0 Å². The van der Waals surface area contributed by atoms with Gasteiger partial charge < -0.3 is 24.8 Å². The van der Waals surface area contributed by atoms with Crippen LogP contribution < -0.4 is 24.8 Å². The van der Waals surface area contributed by atoms with Crippen molar-refractivity contribution in [3.05, 3.63) is 47.0 Å². The molecule has 0 unspecified atom stereocenters. The normalized spacial score (nSPS) is 10.2. The lowest BCUT2D eigenvalue weighted by atomic mass is 10.2. The minimum Gasteiger partial charge on any atom is -0.495 e. The van der Waals surface area contributed by atoms with Crippen molar-refractivity contribution in [2.75, 3.05) is 32.7 Å². The zero-order valence-electron chi connectivity index (χ0n) is 14.1. The number of carbonyl (C=O) groups excluding carboxylic acids is 1. The highest BCUT2D eigenvalue weighted by atomic mass is 35.5. The van der Waals surface area contributed by atoms with Gasteiger partial charge in [-0.25, -0.2) is 13.6 Å². The zero-order valence-corrected chi connectivity index (χ0v) is 14.8. The minimum atomic E-state index is -1.00. The third kappa shape index (κ3) is 5.13. The van der Waals surface area contributed by atoms with E-state index < -0.39 is 17.7 Å². The van der Waals surface area contributed by atoms with Gasteiger partial charge in [-0.2, -0.15) is 0 Å². The maximum atomic E-state index is 13.1. The summed E-state index contributed by atoms with van der Waals surface area (Å²) in [5.74, 6) is -1.05. The van der Waals surface area contributed by atoms with E-state index in [0.717, 1.165) is 12.1 Å². The molecule has 0 fully saturated rings. The SMILES string of the molecule is COc1cc(NC(=O)NCCOc2ccc(F)c(F)c2)c(OC)cc1Cl. The molecular weight excluding hydrogens is 370 g/mol. The number of rotatable bonds is 7. The molecule has 0 atom stereocenters. The largest absolute Gasteiger partial charge is 0.495 e. The van der Waals surface area contributed by atoms with Gasteiger partial charge in [-0.05, 0) is 12.1 Å². The summed E-state index contributed by atoms with van der Waals surface area (Å²) in [5, 5.41) is 5.50. The van der Waals surface area contributed by atoms with Gasteiger partial charge in [0.25, 0.3) is 0 Å². The molecule has 9 heteroatoms. The number of hydrogen-bond donors (Lipinski definition) is 2. The van der Waals surface area contributed by atoms with E-state index in [4.69, 9.17) is 25.8 Å². The number of halogens is 3. The smallest absolute Gasteiger partial charge is 0.319 e. The Morgan fingerprint density at radius 1 is 1.08 bits per heavy atom. The standard InChI is InChI=1S/C17H17ClF2N2O4/c1-24-15-9-14(16(25-2)8-11(15)18)22-17(23)21-5-6-26-10-3-4-12(19)13(20)7-10/h3-4,7-9H,5-6H2,1-2H3,(H2,21,22,23). The summed E-state index contributed by atoms with van der Waals surface area (Å²) in [4.78, 5) is 12.0. The lowest BCUT2D eigenvalue weighted by molar-refractivity contribution is 0.247. The Bertz CT molecular complexity index is 790. The first-order valence-electron chi connectivity index (χ1n) is 7.48. The minimum absolute atomic E-state index is 0.0690. The van der Waals surface area contributed by atoms with Crippen molar-refractivity contribution < 1.29 is 27.8 Å². The molecule has 2 amide bonds. The molecule has 0 bridgehead atoms. The number of nitrogens with one attached hydrogen (secondary N) is 2. The van der Waals surface area contributed by atoms with Crippen LogP contribution in [0.2, 0.25) is 5.02 Å². The van der Waals surface area contributed by atoms with Crippen molar-refractivity contribution in [2.45, 2.75) is 0 Å². The van der Waals surface area contributed by atoms with Crippen molar-refractivity contribution in [1.82, 2.24) is 5.32 Å². The monoisotopic (exact) mass is 386 g/mol. The summed E-state index contributed by atoms with van der Waals surface area (Å²) in [5.41, 5.74) is 0.368. The van der Waals surface area contributed by atoms with Gasteiger partial charge in [0.2, 0.25) is 0 Å². The number of ether oxygens (including phenoxy) is 3. The molecule has 0 aromatic heterocycles. The Morgan fingerprint density at radius 3 is 2.46 bits per heavy atom. The second-order valence-corrected chi connectivity index (χ2v) is 5.40. The Kier molecular flexibility index (Phi) is 6.85. The fourth-order valence-electron chi connectivity index (χ4n) is 2.02. The number of urea groups is 1. The zero-order chi connectivity index (χ0) is 19.1. The molecule has 6 nitrogen and oxygen atoms in total.